The monoisotopic (exact) mass is 632 g/mol. The molecule has 1 aliphatic heterocycles. The minimum Gasteiger partial charge on any atom is -0.508 e. The topological polar surface area (TPSA) is 234 Å². The number of hydrogen-bond acceptors (Lipinski definition) is 8. The van der Waals surface area contributed by atoms with Crippen LogP contribution < -0.4 is 27.4 Å². The molecule has 0 aromatic heterocycles. The van der Waals surface area contributed by atoms with Crippen LogP contribution in [0, 0.1) is 11.8 Å². The molecule has 0 saturated carbocycles. The standard InChI is InChI=1S/C31H48N6O8/c1-17(2)14-21(32)30(43)37-13-5-6-25(37)29(42)34-22(11-12-26(33)39)27(40)35-23(16-19-7-9-20(38)10-8-19)28(41)36-24(31(44)45)15-18(3)4/h7-10,17-18,21-25,38H,5-6,11-16,32H2,1-4H3,(H2,33,39)(H,34,42)(H,35,40)(H,36,41)(H,44,45)/t21-,22-,23-,24-,25-/m0/s1. The van der Waals surface area contributed by atoms with E-state index in [2.05, 4.69) is 16.0 Å². The summed E-state index contributed by atoms with van der Waals surface area (Å²) < 4.78 is 0. The van der Waals surface area contributed by atoms with Gasteiger partial charge in [-0.1, -0.05) is 39.8 Å². The highest BCUT2D eigenvalue weighted by atomic mass is 16.4. The van der Waals surface area contributed by atoms with Gasteiger partial charge in [0.1, 0.15) is 29.9 Å². The zero-order valence-corrected chi connectivity index (χ0v) is 26.5. The van der Waals surface area contributed by atoms with E-state index in [1.807, 2.05) is 13.8 Å². The number of aliphatic carboxylic acids is 1. The molecular weight excluding hydrogens is 584 g/mol. The van der Waals surface area contributed by atoms with Gasteiger partial charge in [0.2, 0.25) is 29.5 Å². The number of rotatable bonds is 17. The molecule has 1 aliphatic rings. The van der Waals surface area contributed by atoms with Gasteiger partial charge < -0.3 is 42.5 Å². The van der Waals surface area contributed by atoms with Crippen molar-refractivity contribution >= 4 is 35.5 Å². The molecule has 14 nitrogen and oxygen atoms in total. The van der Waals surface area contributed by atoms with Crippen LogP contribution in [-0.4, -0.2) is 87.4 Å². The van der Waals surface area contributed by atoms with E-state index in [-0.39, 0.29) is 49.2 Å². The molecule has 1 aromatic rings. The average Bonchev–Trinajstić information content (AvgIpc) is 3.44. The predicted molar refractivity (Wildman–Crippen MR) is 165 cm³/mol. The summed E-state index contributed by atoms with van der Waals surface area (Å²) in [5.41, 5.74) is 12.0. The maximum Gasteiger partial charge on any atom is 0.326 e. The molecule has 2 rings (SSSR count). The highest BCUT2D eigenvalue weighted by molar-refractivity contribution is 5.96. The number of carboxylic acid groups (broad SMARTS) is 1. The quantitative estimate of drug-likeness (QED) is 0.124. The SMILES string of the molecule is CC(C)C[C@H](NC(=O)[C@H](Cc1ccc(O)cc1)NC(=O)[C@H](CCC(N)=O)NC(=O)[C@@H]1CCCN1C(=O)[C@@H](N)CC(C)C)C(=O)O. The number of nitrogens with zero attached hydrogens (tertiary/aromatic N) is 1. The third-order valence-electron chi connectivity index (χ3n) is 7.52. The second-order valence-electron chi connectivity index (χ2n) is 12.5. The van der Waals surface area contributed by atoms with Crippen LogP contribution in [0.15, 0.2) is 24.3 Å². The van der Waals surface area contributed by atoms with Crippen LogP contribution in [0.2, 0.25) is 0 Å². The zero-order valence-electron chi connectivity index (χ0n) is 26.5. The Kier molecular flexibility index (Phi) is 14.2. The largest absolute Gasteiger partial charge is 0.508 e. The third-order valence-corrected chi connectivity index (χ3v) is 7.52. The number of amides is 5. The Balaban J connectivity index is 2.29. The van der Waals surface area contributed by atoms with E-state index in [1.165, 1.54) is 17.0 Å². The number of nitrogens with one attached hydrogen (secondary N) is 3. The lowest BCUT2D eigenvalue weighted by molar-refractivity contribution is -0.143. The molecule has 0 aliphatic carbocycles. The molecule has 14 heteroatoms. The first kappa shape index (κ1) is 37.0. The fraction of sp³-hybridized carbons (Fsp3) is 0.613. The van der Waals surface area contributed by atoms with E-state index >= 15 is 0 Å². The summed E-state index contributed by atoms with van der Waals surface area (Å²) >= 11 is 0. The Hall–Kier alpha value is -4.20. The highest BCUT2D eigenvalue weighted by Gasteiger charge is 2.38. The molecule has 5 atom stereocenters. The summed E-state index contributed by atoms with van der Waals surface area (Å²) in [6.07, 6.45) is 1.00. The number of carboxylic acids is 1. The van der Waals surface area contributed by atoms with Crippen LogP contribution in [0.5, 0.6) is 5.75 Å². The van der Waals surface area contributed by atoms with Gasteiger partial charge in [-0.25, -0.2) is 4.79 Å². The summed E-state index contributed by atoms with van der Waals surface area (Å²) in [5.74, 6) is -4.37. The van der Waals surface area contributed by atoms with Gasteiger partial charge in [0.15, 0.2) is 0 Å². The van der Waals surface area contributed by atoms with Crippen molar-refractivity contribution in [2.45, 2.75) is 103 Å². The summed E-state index contributed by atoms with van der Waals surface area (Å²) in [6, 6.07) is 0.468. The molecule has 9 N–H and O–H groups in total. The van der Waals surface area contributed by atoms with Crippen LogP contribution in [0.3, 0.4) is 0 Å². The smallest absolute Gasteiger partial charge is 0.326 e. The second kappa shape index (κ2) is 17.3. The van der Waals surface area contributed by atoms with Crippen LogP contribution in [0.25, 0.3) is 0 Å². The predicted octanol–water partition coefficient (Wildman–Crippen LogP) is 0.150. The molecular formula is C31H48N6O8. The molecule has 1 heterocycles. The number of primary amides is 1. The number of likely N-dealkylation sites (tertiary alicyclic amines) is 1. The first-order valence-electron chi connectivity index (χ1n) is 15.3. The molecule has 5 amide bonds. The zero-order chi connectivity index (χ0) is 33.8. The van der Waals surface area contributed by atoms with Crippen molar-refractivity contribution in [2.75, 3.05) is 6.54 Å². The molecule has 0 bridgehead atoms. The van der Waals surface area contributed by atoms with E-state index in [4.69, 9.17) is 11.5 Å². The van der Waals surface area contributed by atoms with Gasteiger partial charge in [0.25, 0.3) is 0 Å². The number of phenolic OH excluding ortho intramolecular Hbond substituents is 1. The molecule has 1 aromatic carbocycles. The Morgan fingerprint density at radius 1 is 0.889 bits per heavy atom. The number of phenols is 1. The van der Waals surface area contributed by atoms with Gasteiger partial charge in [0.05, 0.1) is 6.04 Å². The number of hydrogen-bond donors (Lipinski definition) is 7. The Morgan fingerprint density at radius 2 is 1.47 bits per heavy atom. The van der Waals surface area contributed by atoms with Crippen molar-refractivity contribution in [1.82, 2.24) is 20.9 Å². The van der Waals surface area contributed by atoms with Crippen LogP contribution in [0.4, 0.5) is 0 Å². The molecule has 1 fully saturated rings. The summed E-state index contributed by atoms with van der Waals surface area (Å²) in [4.78, 5) is 78.3. The van der Waals surface area contributed by atoms with E-state index in [0.29, 0.717) is 31.4 Å². The number of nitrogens with two attached hydrogens (primary N) is 2. The number of carbonyl (C=O) groups is 6. The Labute approximate surface area is 263 Å². The van der Waals surface area contributed by atoms with Gasteiger partial charge in [-0.15, -0.1) is 0 Å². The first-order valence-corrected chi connectivity index (χ1v) is 15.3. The normalized spacial score (nSPS) is 17.3. The lowest BCUT2D eigenvalue weighted by Gasteiger charge is -2.29. The van der Waals surface area contributed by atoms with Gasteiger partial charge >= 0.3 is 5.97 Å². The lowest BCUT2D eigenvalue weighted by Crippen LogP contribution is -2.58. The van der Waals surface area contributed by atoms with Gasteiger partial charge in [-0.3, -0.25) is 24.0 Å². The molecule has 0 unspecified atom stereocenters. The van der Waals surface area contributed by atoms with Crippen molar-refractivity contribution in [3.63, 3.8) is 0 Å². The summed E-state index contributed by atoms with van der Waals surface area (Å²) in [7, 11) is 0. The van der Waals surface area contributed by atoms with Gasteiger partial charge in [-0.2, -0.15) is 0 Å². The van der Waals surface area contributed by atoms with Crippen LogP contribution in [0.1, 0.15) is 71.8 Å². The van der Waals surface area contributed by atoms with Gasteiger partial charge in [-0.05, 0) is 61.6 Å². The minimum atomic E-state index is -1.30. The minimum absolute atomic E-state index is 0.00881. The average molecular weight is 633 g/mol. The van der Waals surface area contributed by atoms with Crippen molar-refractivity contribution in [3.8, 4) is 5.75 Å². The molecule has 250 valence electrons. The summed E-state index contributed by atoms with van der Waals surface area (Å²) in [6.45, 7) is 7.81. The van der Waals surface area contributed by atoms with E-state index in [0.717, 1.165) is 0 Å². The van der Waals surface area contributed by atoms with E-state index in [1.54, 1.807) is 26.0 Å². The maximum absolute atomic E-state index is 13.6. The first-order chi connectivity index (χ1) is 21.1. The highest BCUT2D eigenvalue weighted by Crippen LogP contribution is 2.20. The summed E-state index contributed by atoms with van der Waals surface area (Å²) in [5, 5.41) is 27.0. The third kappa shape index (κ3) is 12.0. The fourth-order valence-electron chi connectivity index (χ4n) is 5.26. The lowest BCUT2D eigenvalue weighted by atomic mass is 10.0. The Morgan fingerprint density at radius 3 is 2.02 bits per heavy atom. The van der Waals surface area contributed by atoms with E-state index < -0.39 is 59.8 Å². The maximum atomic E-state index is 13.6. The van der Waals surface area contributed by atoms with Crippen LogP contribution in [-0.2, 0) is 35.2 Å². The van der Waals surface area contributed by atoms with Crippen molar-refractivity contribution < 1.29 is 39.0 Å². The van der Waals surface area contributed by atoms with Crippen molar-refractivity contribution in [1.29, 1.82) is 0 Å². The van der Waals surface area contributed by atoms with Gasteiger partial charge in [0, 0.05) is 19.4 Å². The molecule has 45 heavy (non-hydrogen) atoms. The van der Waals surface area contributed by atoms with E-state index in [9.17, 15) is 39.0 Å². The van der Waals surface area contributed by atoms with Crippen molar-refractivity contribution in [2.24, 2.45) is 23.3 Å². The molecule has 1 saturated heterocycles. The molecule has 0 spiro atoms. The van der Waals surface area contributed by atoms with Crippen molar-refractivity contribution in [3.05, 3.63) is 29.8 Å². The number of carbonyl (C=O) groups excluding carboxylic acids is 5. The number of aromatic hydroxyl groups is 1. The fourth-order valence-corrected chi connectivity index (χ4v) is 5.26. The second-order valence-corrected chi connectivity index (χ2v) is 12.5. The van der Waals surface area contributed by atoms with Crippen LogP contribution >= 0.6 is 0 Å². The Bertz CT molecular complexity index is 1200. The molecule has 0 radical (unpaired) electrons. The number of benzene rings is 1.